The van der Waals surface area contributed by atoms with Gasteiger partial charge in [-0.1, -0.05) is 59.8 Å². The lowest BCUT2D eigenvalue weighted by molar-refractivity contribution is -0.153. The van der Waals surface area contributed by atoms with Gasteiger partial charge in [0.1, 0.15) is 0 Å². The third kappa shape index (κ3) is 12.1. The van der Waals surface area contributed by atoms with Gasteiger partial charge in [-0.05, 0) is 19.3 Å². The van der Waals surface area contributed by atoms with Crippen molar-refractivity contribution in [3.05, 3.63) is 0 Å². The summed E-state index contributed by atoms with van der Waals surface area (Å²) in [4.78, 5) is 23.5. The van der Waals surface area contributed by atoms with E-state index in [2.05, 4.69) is 20.8 Å². The zero-order valence-electron chi connectivity index (χ0n) is 15.6. The summed E-state index contributed by atoms with van der Waals surface area (Å²) in [6.07, 6.45) is 8.85. The van der Waals surface area contributed by atoms with E-state index in [1.165, 1.54) is 0 Å². The molecule has 0 fully saturated rings. The monoisotopic (exact) mass is 328 g/mol. The standard InChI is InChI=1S/C19H36O4/c1-5-8-10-12-17(20)22-15-19(4,14-7-3)16-23-18(21)13-11-9-6-2/h5-16H2,1-4H3. The van der Waals surface area contributed by atoms with Crippen LogP contribution in [0.3, 0.4) is 0 Å². The highest BCUT2D eigenvalue weighted by atomic mass is 16.5. The fourth-order valence-electron chi connectivity index (χ4n) is 2.48. The lowest BCUT2D eigenvalue weighted by Crippen LogP contribution is -2.31. The van der Waals surface area contributed by atoms with Crippen LogP contribution < -0.4 is 0 Å². The first-order valence-corrected chi connectivity index (χ1v) is 9.28. The average Bonchev–Trinajstić information content (AvgIpc) is 2.52. The number of esters is 2. The van der Waals surface area contributed by atoms with E-state index in [4.69, 9.17) is 9.47 Å². The van der Waals surface area contributed by atoms with Crippen LogP contribution in [0.5, 0.6) is 0 Å². The Morgan fingerprint density at radius 1 is 0.739 bits per heavy atom. The molecule has 0 saturated heterocycles. The Morgan fingerprint density at radius 2 is 1.17 bits per heavy atom. The van der Waals surface area contributed by atoms with Crippen molar-refractivity contribution in [1.29, 1.82) is 0 Å². The maximum absolute atomic E-state index is 11.8. The molecule has 136 valence electrons. The second-order valence-corrected chi connectivity index (χ2v) is 6.80. The van der Waals surface area contributed by atoms with Crippen LogP contribution in [0.2, 0.25) is 0 Å². The van der Waals surface area contributed by atoms with Crippen LogP contribution in [0.15, 0.2) is 0 Å². The van der Waals surface area contributed by atoms with E-state index in [9.17, 15) is 9.59 Å². The molecule has 0 atom stereocenters. The second-order valence-electron chi connectivity index (χ2n) is 6.80. The van der Waals surface area contributed by atoms with Crippen LogP contribution in [0.1, 0.15) is 91.9 Å². The van der Waals surface area contributed by atoms with Crippen LogP contribution in [-0.4, -0.2) is 25.2 Å². The average molecular weight is 328 g/mol. The van der Waals surface area contributed by atoms with Crippen molar-refractivity contribution in [3.8, 4) is 0 Å². The molecule has 0 spiro atoms. The fourth-order valence-corrected chi connectivity index (χ4v) is 2.48. The molecule has 0 aromatic rings. The maximum Gasteiger partial charge on any atom is 0.305 e. The van der Waals surface area contributed by atoms with E-state index in [0.29, 0.717) is 26.1 Å². The Kier molecular flexibility index (Phi) is 12.8. The van der Waals surface area contributed by atoms with Gasteiger partial charge in [0.05, 0.1) is 13.2 Å². The summed E-state index contributed by atoms with van der Waals surface area (Å²) in [6.45, 7) is 8.98. The molecule has 4 heteroatoms. The van der Waals surface area contributed by atoms with Crippen LogP contribution >= 0.6 is 0 Å². The van der Waals surface area contributed by atoms with Gasteiger partial charge >= 0.3 is 11.9 Å². The molecule has 4 nitrogen and oxygen atoms in total. The Balaban J connectivity index is 4.17. The van der Waals surface area contributed by atoms with Crippen LogP contribution in [-0.2, 0) is 19.1 Å². The van der Waals surface area contributed by atoms with Gasteiger partial charge in [0.25, 0.3) is 0 Å². The summed E-state index contributed by atoms with van der Waals surface area (Å²) in [5.41, 5.74) is -0.282. The Bertz CT molecular complexity index is 299. The predicted molar refractivity (Wildman–Crippen MR) is 93.2 cm³/mol. The van der Waals surface area contributed by atoms with Gasteiger partial charge < -0.3 is 9.47 Å². The van der Waals surface area contributed by atoms with Gasteiger partial charge in [-0.2, -0.15) is 0 Å². The Morgan fingerprint density at radius 3 is 1.52 bits per heavy atom. The van der Waals surface area contributed by atoms with Crippen LogP contribution in [0, 0.1) is 5.41 Å². The Hall–Kier alpha value is -1.06. The molecule has 0 bridgehead atoms. The van der Waals surface area contributed by atoms with E-state index < -0.39 is 0 Å². The van der Waals surface area contributed by atoms with Crippen molar-refractivity contribution in [1.82, 2.24) is 0 Å². The van der Waals surface area contributed by atoms with Gasteiger partial charge in [-0.25, -0.2) is 0 Å². The maximum atomic E-state index is 11.8. The minimum atomic E-state index is -0.282. The molecule has 0 aliphatic rings. The fraction of sp³-hybridized carbons (Fsp3) is 0.895. The molecule has 0 aromatic heterocycles. The molecule has 0 aliphatic heterocycles. The van der Waals surface area contributed by atoms with Crippen LogP contribution in [0.4, 0.5) is 0 Å². The highest BCUT2D eigenvalue weighted by Crippen LogP contribution is 2.25. The SMILES string of the molecule is CCCCCC(=O)OCC(C)(CCC)COC(=O)CCCCC. The summed E-state index contributed by atoms with van der Waals surface area (Å²) >= 11 is 0. The molecular formula is C19H36O4. The third-order valence-corrected chi connectivity index (χ3v) is 3.99. The van der Waals surface area contributed by atoms with E-state index in [1.54, 1.807) is 0 Å². The van der Waals surface area contributed by atoms with Gasteiger partial charge in [0, 0.05) is 18.3 Å². The molecule has 0 saturated carbocycles. The van der Waals surface area contributed by atoms with Crippen molar-refractivity contribution < 1.29 is 19.1 Å². The largest absolute Gasteiger partial charge is 0.465 e. The molecule has 0 amide bonds. The van der Waals surface area contributed by atoms with Crippen molar-refractivity contribution in [2.45, 2.75) is 91.9 Å². The molecule has 0 radical (unpaired) electrons. The lowest BCUT2D eigenvalue weighted by atomic mass is 9.87. The number of unbranched alkanes of at least 4 members (excludes halogenated alkanes) is 4. The number of hydrogen-bond donors (Lipinski definition) is 0. The quantitative estimate of drug-likeness (QED) is 0.331. The van der Waals surface area contributed by atoms with Gasteiger partial charge in [0.2, 0.25) is 0 Å². The smallest absolute Gasteiger partial charge is 0.305 e. The number of hydrogen-bond acceptors (Lipinski definition) is 4. The minimum Gasteiger partial charge on any atom is -0.465 e. The molecule has 0 N–H and O–H groups in total. The summed E-state index contributed by atoms with van der Waals surface area (Å²) in [5.74, 6) is -0.287. The first kappa shape index (κ1) is 21.9. The van der Waals surface area contributed by atoms with Gasteiger partial charge in [0.15, 0.2) is 0 Å². The summed E-state index contributed by atoms with van der Waals surface area (Å²) < 4.78 is 10.8. The molecule has 0 aliphatic carbocycles. The van der Waals surface area contributed by atoms with Crippen molar-refractivity contribution in [3.63, 3.8) is 0 Å². The molecule has 0 rings (SSSR count). The van der Waals surface area contributed by atoms with Crippen LogP contribution in [0.25, 0.3) is 0 Å². The number of ether oxygens (including phenoxy) is 2. The predicted octanol–water partition coefficient (Wildman–Crippen LogP) is 5.04. The molecule has 0 heterocycles. The zero-order valence-corrected chi connectivity index (χ0v) is 15.6. The molecule has 23 heavy (non-hydrogen) atoms. The normalized spacial score (nSPS) is 11.3. The molecule has 0 aromatic carbocycles. The third-order valence-electron chi connectivity index (χ3n) is 3.99. The molecule has 0 unspecified atom stereocenters. The zero-order chi connectivity index (χ0) is 17.6. The van der Waals surface area contributed by atoms with E-state index >= 15 is 0 Å². The highest BCUT2D eigenvalue weighted by Gasteiger charge is 2.27. The first-order chi connectivity index (χ1) is 11.0. The molecular weight excluding hydrogens is 292 g/mol. The lowest BCUT2D eigenvalue weighted by Gasteiger charge is -2.28. The summed E-state index contributed by atoms with van der Waals surface area (Å²) in [6, 6.07) is 0. The van der Waals surface area contributed by atoms with Gasteiger partial charge in [-0.3, -0.25) is 9.59 Å². The summed E-state index contributed by atoms with van der Waals surface area (Å²) in [7, 11) is 0. The topological polar surface area (TPSA) is 52.6 Å². The van der Waals surface area contributed by atoms with E-state index in [-0.39, 0.29) is 17.4 Å². The van der Waals surface area contributed by atoms with Crippen molar-refractivity contribution in [2.24, 2.45) is 5.41 Å². The number of carbonyl (C=O) groups is 2. The highest BCUT2D eigenvalue weighted by molar-refractivity contribution is 5.69. The van der Waals surface area contributed by atoms with Crippen molar-refractivity contribution >= 4 is 11.9 Å². The van der Waals surface area contributed by atoms with E-state index in [0.717, 1.165) is 51.4 Å². The minimum absolute atomic E-state index is 0.143. The van der Waals surface area contributed by atoms with E-state index in [1.807, 2.05) is 6.92 Å². The number of carbonyl (C=O) groups excluding carboxylic acids is 2. The summed E-state index contributed by atoms with van der Waals surface area (Å²) in [5, 5.41) is 0. The van der Waals surface area contributed by atoms with Crippen molar-refractivity contribution in [2.75, 3.05) is 13.2 Å². The number of rotatable bonds is 14. The van der Waals surface area contributed by atoms with Gasteiger partial charge in [-0.15, -0.1) is 0 Å². The first-order valence-electron chi connectivity index (χ1n) is 9.28. The second kappa shape index (κ2) is 13.4. The Labute approximate surface area is 142 Å².